The second kappa shape index (κ2) is 8.94. The van der Waals surface area contributed by atoms with Gasteiger partial charge in [0.05, 0.1) is 13.6 Å². The summed E-state index contributed by atoms with van der Waals surface area (Å²) in [4.78, 5) is 22.8. The maximum absolute atomic E-state index is 11.5. The first-order valence-corrected chi connectivity index (χ1v) is 8.09. The van der Waals surface area contributed by atoms with Gasteiger partial charge in [-0.05, 0) is 18.4 Å². The van der Waals surface area contributed by atoms with Gasteiger partial charge in [-0.25, -0.2) is 4.79 Å². The van der Waals surface area contributed by atoms with Gasteiger partial charge in [-0.3, -0.25) is 9.28 Å². The minimum absolute atomic E-state index is 0. The van der Waals surface area contributed by atoms with Gasteiger partial charge in [0, 0.05) is 18.4 Å². The van der Waals surface area contributed by atoms with Crippen LogP contribution in [0.2, 0.25) is 0 Å². The van der Waals surface area contributed by atoms with Crippen molar-refractivity contribution in [3.8, 4) is 0 Å². The molecule has 0 aliphatic carbocycles. The van der Waals surface area contributed by atoms with Crippen molar-refractivity contribution in [1.82, 2.24) is 0 Å². The van der Waals surface area contributed by atoms with E-state index in [1.165, 1.54) is 12.3 Å². The van der Waals surface area contributed by atoms with Gasteiger partial charge in [-0.15, -0.1) is 0 Å². The second-order valence-corrected chi connectivity index (χ2v) is 6.66. The first-order chi connectivity index (χ1) is 11.8. The number of aliphatic hydroxyl groups is 3. The zero-order chi connectivity index (χ0) is 18.8. The molecule has 2 saturated heterocycles. The van der Waals surface area contributed by atoms with E-state index < -0.39 is 36.6 Å². The summed E-state index contributed by atoms with van der Waals surface area (Å²) < 4.78 is 5.51. The van der Waals surface area contributed by atoms with E-state index in [9.17, 15) is 30.0 Å². The SMILES string of the molecule is C[N+]1(C2OC(C(=O)O)C(O)C(O)C2O)CCCC1C(C=O)=CC=CN.[Cl-]. The molecule has 6 N–H and O–H groups in total. The van der Waals surface area contributed by atoms with Gasteiger partial charge in [-0.1, -0.05) is 0 Å². The van der Waals surface area contributed by atoms with Crippen LogP contribution in [0.15, 0.2) is 23.9 Å². The zero-order valence-corrected chi connectivity index (χ0v) is 15.1. The first-order valence-electron chi connectivity index (χ1n) is 8.09. The van der Waals surface area contributed by atoms with Gasteiger partial charge in [0.2, 0.25) is 6.23 Å². The smallest absolute Gasteiger partial charge is 0.335 e. The van der Waals surface area contributed by atoms with E-state index in [0.29, 0.717) is 24.8 Å². The van der Waals surface area contributed by atoms with Gasteiger partial charge in [-0.2, -0.15) is 0 Å². The molecule has 2 aliphatic rings. The summed E-state index contributed by atoms with van der Waals surface area (Å²) in [5.74, 6) is -1.43. The first kappa shape index (κ1) is 22.6. The number of nitrogens with two attached hydrogens (primary N) is 1. The Morgan fingerprint density at radius 3 is 2.42 bits per heavy atom. The number of carboxylic acids is 1. The van der Waals surface area contributed by atoms with E-state index in [1.807, 2.05) is 0 Å². The molecule has 0 aromatic heterocycles. The molecule has 7 atom stereocenters. The molecule has 2 rings (SSSR count). The molecule has 0 aromatic carbocycles. The van der Waals surface area contributed by atoms with Gasteiger partial charge in [0.15, 0.2) is 18.5 Å². The number of aldehydes is 1. The molecule has 2 aliphatic heterocycles. The molecular weight excluding hydrogens is 368 g/mol. The Kier molecular flexibility index (Phi) is 7.75. The molecule has 0 aromatic rings. The summed E-state index contributed by atoms with van der Waals surface area (Å²) in [5, 5.41) is 39.5. The van der Waals surface area contributed by atoms with Crippen LogP contribution in [0.3, 0.4) is 0 Å². The van der Waals surface area contributed by atoms with Crippen LogP contribution in [0, 0.1) is 0 Å². The van der Waals surface area contributed by atoms with Crippen LogP contribution >= 0.6 is 0 Å². The number of ether oxygens (including phenoxy) is 1. The molecule has 2 fully saturated rings. The number of likely N-dealkylation sites (N-methyl/N-ethyl adjacent to an activating group) is 1. The lowest BCUT2D eigenvalue weighted by Gasteiger charge is -2.49. The number of aliphatic carboxylic acids is 1. The fourth-order valence-electron chi connectivity index (χ4n) is 3.84. The Bertz CT molecular complexity index is 585. The minimum atomic E-state index is -1.74. The van der Waals surface area contributed by atoms with E-state index in [-0.39, 0.29) is 22.9 Å². The molecule has 9 nitrogen and oxygen atoms in total. The summed E-state index contributed by atoms with van der Waals surface area (Å²) in [7, 11) is 1.73. The standard InChI is InChI=1S/C16H24N2O7.ClH/c1-18(7-3-5-10(18)9(8-19)4-2-6-17)15-13(22)11(20)12(21)14(25-15)16(23)24;/h2,4,6,8,10-15,20-22H,3,5,7H2,1H3,(H2-,17,19,23,24);1H. The lowest BCUT2D eigenvalue weighted by atomic mass is 9.95. The van der Waals surface area contributed by atoms with E-state index in [1.54, 1.807) is 13.1 Å². The average Bonchev–Trinajstić information content (AvgIpc) is 2.96. The van der Waals surface area contributed by atoms with Crippen LogP contribution in [-0.2, 0) is 14.3 Å². The molecule has 10 heteroatoms. The highest BCUT2D eigenvalue weighted by atomic mass is 35.5. The third-order valence-corrected chi connectivity index (χ3v) is 5.16. The number of rotatable bonds is 5. The predicted octanol–water partition coefficient (Wildman–Crippen LogP) is -4.91. The number of likely N-dealkylation sites (tertiary alicyclic amines) is 1. The number of allylic oxidation sites excluding steroid dienone is 2. The van der Waals surface area contributed by atoms with Crippen LogP contribution in [0.25, 0.3) is 0 Å². The summed E-state index contributed by atoms with van der Waals surface area (Å²) in [6.45, 7) is 0.513. The topological polar surface area (TPSA) is 150 Å². The van der Waals surface area contributed by atoms with Crippen molar-refractivity contribution < 1.29 is 51.6 Å². The van der Waals surface area contributed by atoms with Crippen LogP contribution in [0.4, 0.5) is 0 Å². The molecule has 2 heterocycles. The van der Waals surface area contributed by atoms with Crippen LogP contribution in [0.5, 0.6) is 0 Å². The van der Waals surface area contributed by atoms with Crippen LogP contribution < -0.4 is 18.1 Å². The monoisotopic (exact) mass is 392 g/mol. The van der Waals surface area contributed by atoms with Crippen molar-refractivity contribution in [2.75, 3.05) is 13.6 Å². The Hall–Kier alpha value is -1.49. The lowest BCUT2D eigenvalue weighted by Crippen LogP contribution is -3.00. The number of nitrogens with zero attached hydrogens (tertiary/aromatic N) is 1. The molecule has 7 unspecified atom stereocenters. The minimum Gasteiger partial charge on any atom is -1.00 e. The Labute approximate surface area is 157 Å². The van der Waals surface area contributed by atoms with E-state index in [4.69, 9.17) is 10.5 Å². The van der Waals surface area contributed by atoms with Gasteiger partial charge >= 0.3 is 5.97 Å². The fraction of sp³-hybridized carbons (Fsp3) is 0.625. The summed E-state index contributed by atoms with van der Waals surface area (Å²) >= 11 is 0. The van der Waals surface area contributed by atoms with Crippen molar-refractivity contribution in [2.45, 2.75) is 49.5 Å². The highest BCUT2D eigenvalue weighted by Gasteiger charge is 2.57. The molecule has 0 amide bonds. The van der Waals surface area contributed by atoms with Gasteiger partial charge < -0.3 is 43.3 Å². The average molecular weight is 393 g/mol. The van der Waals surface area contributed by atoms with Crippen molar-refractivity contribution in [3.05, 3.63) is 23.9 Å². The van der Waals surface area contributed by atoms with Crippen molar-refractivity contribution >= 4 is 12.3 Å². The maximum atomic E-state index is 11.5. The number of hydrogen-bond donors (Lipinski definition) is 5. The number of aliphatic hydroxyl groups excluding tert-OH is 3. The number of carbonyl (C=O) groups is 2. The summed E-state index contributed by atoms with van der Waals surface area (Å²) in [6, 6.07) is -0.356. The summed E-state index contributed by atoms with van der Waals surface area (Å²) in [6.07, 6.45) is -1.24. The number of carboxylic acid groups (broad SMARTS) is 1. The van der Waals surface area contributed by atoms with Crippen LogP contribution in [0.1, 0.15) is 12.8 Å². The van der Waals surface area contributed by atoms with Gasteiger partial charge in [0.25, 0.3) is 0 Å². The van der Waals surface area contributed by atoms with Crippen molar-refractivity contribution in [2.24, 2.45) is 5.73 Å². The Balaban J connectivity index is 0.00000338. The number of halogens is 1. The highest BCUT2D eigenvalue weighted by Crippen LogP contribution is 2.37. The Morgan fingerprint density at radius 1 is 1.23 bits per heavy atom. The molecule has 0 bridgehead atoms. The summed E-state index contributed by atoms with van der Waals surface area (Å²) in [5.41, 5.74) is 5.75. The third-order valence-electron chi connectivity index (χ3n) is 5.16. The number of hydrogen-bond acceptors (Lipinski definition) is 7. The highest BCUT2D eigenvalue weighted by molar-refractivity contribution is 5.75. The van der Waals surface area contributed by atoms with E-state index in [0.717, 1.165) is 6.42 Å². The predicted molar refractivity (Wildman–Crippen MR) is 85.9 cm³/mol. The maximum Gasteiger partial charge on any atom is 0.335 e. The van der Waals surface area contributed by atoms with Gasteiger partial charge in [0.1, 0.15) is 18.2 Å². The second-order valence-electron chi connectivity index (χ2n) is 6.66. The fourth-order valence-corrected chi connectivity index (χ4v) is 3.84. The molecule has 26 heavy (non-hydrogen) atoms. The third kappa shape index (κ3) is 3.93. The van der Waals surface area contributed by atoms with E-state index in [2.05, 4.69) is 0 Å². The molecule has 148 valence electrons. The molecule has 0 saturated carbocycles. The van der Waals surface area contributed by atoms with Crippen molar-refractivity contribution in [3.63, 3.8) is 0 Å². The number of quaternary nitrogens is 1. The zero-order valence-electron chi connectivity index (χ0n) is 14.3. The molecule has 0 spiro atoms. The lowest BCUT2D eigenvalue weighted by molar-refractivity contribution is -0.967. The quantitative estimate of drug-likeness (QED) is 0.135. The normalized spacial score (nSPS) is 41.0. The largest absolute Gasteiger partial charge is 1.00 e. The van der Waals surface area contributed by atoms with E-state index >= 15 is 0 Å². The van der Waals surface area contributed by atoms with Crippen LogP contribution in [-0.4, -0.2) is 87.4 Å². The van der Waals surface area contributed by atoms with Crippen molar-refractivity contribution in [1.29, 1.82) is 0 Å². The number of carbonyl (C=O) groups excluding carboxylic acids is 1. The molecular formula is C16H25ClN2O7. The Morgan fingerprint density at radius 2 is 1.88 bits per heavy atom. The molecule has 0 radical (unpaired) electrons.